The number of hydrogen-bond acceptors (Lipinski definition) is 3. The lowest BCUT2D eigenvalue weighted by molar-refractivity contribution is -0.121. The summed E-state index contributed by atoms with van der Waals surface area (Å²) in [6, 6.07) is 5.51. The number of amides is 1. The Morgan fingerprint density at radius 2 is 2.29 bits per heavy atom. The number of anilines is 2. The van der Waals surface area contributed by atoms with Gasteiger partial charge in [-0.3, -0.25) is 4.79 Å². The predicted molar refractivity (Wildman–Crippen MR) is 67.7 cm³/mol. The van der Waals surface area contributed by atoms with Crippen molar-refractivity contribution in [2.75, 3.05) is 17.7 Å². The van der Waals surface area contributed by atoms with Crippen LogP contribution in [0, 0.1) is 12.8 Å². The monoisotopic (exact) mass is 234 g/mol. The molecular formula is C13H18N2O2. The van der Waals surface area contributed by atoms with Crippen molar-refractivity contribution in [2.45, 2.75) is 26.4 Å². The lowest BCUT2D eigenvalue weighted by Gasteiger charge is -2.15. The number of rotatable bonds is 2. The second-order valence-corrected chi connectivity index (χ2v) is 4.53. The highest BCUT2D eigenvalue weighted by atomic mass is 16.5. The van der Waals surface area contributed by atoms with E-state index in [1.165, 1.54) is 0 Å². The molecule has 0 saturated carbocycles. The van der Waals surface area contributed by atoms with E-state index in [0.717, 1.165) is 17.7 Å². The summed E-state index contributed by atoms with van der Waals surface area (Å²) >= 11 is 0. The number of nitrogens with one attached hydrogen (secondary N) is 1. The van der Waals surface area contributed by atoms with E-state index >= 15 is 0 Å². The van der Waals surface area contributed by atoms with Gasteiger partial charge in [0.2, 0.25) is 5.91 Å². The van der Waals surface area contributed by atoms with Crippen LogP contribution in [0.25, 0.3) is 0 Å². The summed E-state index contributed by atoms with van der Waals surface area (Å²) in [6.07, 6.45) is 0.783. The maximum atomic E-state index is 12.1. The van der Waals surface area contributed by atoms with Gasteiger partial charge in [0.15, 0.2) is 0 Å². The van der Waals surface area contributed by atoms with Gasteiger partial charge in [-0.1, -0.05) is 6.07 Å². The van der Waals surface area contributed by atoms with Gasteiger partial charge in [-0.2, -0.15) is 0 Å². The quantitative estimate of drug-likeness (QED) is 0.769. The van der Waals surface area contributed by atoms with Crippen LogP contribution in [-0.2, 0) is 9.53 Å². The van der Waals surface area contributed by atoms with Crippen molar-refractivity contribution in [1.82, 2.24) is 0 Å². The van der Waals surface area contributed by atoms with Crippen LogP contribution < -0.4 is 11.1 Å². The second kappa shape index (κ2) is 4.75. The minimum atomic E-state index is -0.0594. The summed E-state index contributed by atoms with van der Waals surface area (Å²) in [4.78, 5) is 12.1. The molecule has 3 N–H and O–H groups in total. The molecule has 1 aromatic carbocycles. The van der Waals surface area contributed by atoms with Gasteiger partial charge in [-0.25, -0.2) is 0 Å². The summed E-state index contributed by atoms with van der Waals surface area (Å²) in [5.74, 6) is -0.0421. The van der Waals surface area contributed by atoms with Gasteiger partial charge in [-0.05, 0) is 38.0 Å². The molecule has 2 rings (SSSR count). The standard InChI is InChI=1S/C13H18N2O2/c1-8-3-4-10(14)7-12(8)15-13(16)11-5-6-17-9(11)2/h3-4,7,9,11H,5-6,14H2,1-2H3,(H,15,16). The van der Waals surface area contributed by atoms with E-state index in [-0.39, 0.29) is 17.9 Å². The Labute approximate surface area is 101 Å². The summed E-state index contributed by atoms with van der Waals surface area (Å²) in [5, 5.41) is 2.92. The predicted octanol–water partition coefficient (Wildman–Crippen LogP) is 1.94. The Morgan fingerprint density at radius 3 is 2.94 bits per heavy atom. The third-order valence-electron chi connectivity index (χ3n) is 3.23. The van der Waals surface area contributed by atoms with Gasteiger partial charge < -0.3 is 15.8 Å². The third kappa shape index (κ3) is 2.58. The van der Waals surface area contributed by atoms with E-state index in [9.17, 15) is 4.79 Å². The van der Waals surface area contributed by atoms with E-state index in [4.69, 9.17) is 10.5 Å². The van der Waals surface area contributed by atoms with E-state index in [2.05, 4.69) is 5.32 Å². The average Bonchev–Trinajstić information content (AvgIpc) is 2.70. The largest absolute Gasteiger partial charge is 0.399 e. The van der Waals surface area contributed by atoms with Gasteiger partial charge in [0.05, 0.1) is 12.0 Å². The van der Waals surface area contributed by atoms with Crippen molar-refractivity contribution < 1.29 is 9.53 Å². The molecule has 0 aliphatic carbocycles. The number of hydrogen-bond donors (Lipinski definition) is 2. The number of benzene rings is 1. The van der Waals surface area contributed by atoms with E-state index < -0.39 is 0 Å². The highest BCUT2D eigenvalue weighted by Crippen LogP contribution is 2.24. The maximum Gasteiger partial charge on any atom is 0.230 e. The molecule has 1 aliphatic heterocycles. The average molecular weight is 234 g/mol. The zero-order valence-electron chi connectivity index (χ0n) is 10.2. The summed E-state index contributed by atoms with van der Waals surface area (Å²) in [7, 11) is 0. The van der Waals surface area contributed by atoms with Crippen LogP contribution in [0.3, 0.4) is 0 Å². The van der Waals surface area contributed by atoms with Crippen LogP contribution in [-0.4, -0.2) is 18.6 Å². The maximum absolute atomic E-state index is 12.1. The molecule has 2 atom stereocenters. The number of nitrogen functional groups attached to an aromatic ring is 1. The van der Waals surface area contributed by atoms with Crippen molar-refractivity contribution in [3.63, 3.8) is 0 Å². The van der Waals surface area contributed by atoms with Gasteiger partial charge >= 0.3 is 0 Å². The van der Waals surface area contributed by atoms with Crippen molar-refractivity contribution >= 4 is 17.3 Å². The van der Waals surface area contributed by atoms with Crippen LogP contribution in [0.1, 0.15) is 18.9 Å². The van der Waals surface area contributed by atoms with Gasteiger partial charge in [0.1, 0.15) is 0 Å². The number of nitrogens with two attached hydrogens (primary N) is 1. The highest BCUT2D eigenvalue weighted by Gasteiger charge is 2.30. The van der Waals surface area contributed by atoms with Crippen LogP contribution in [0.15, 0.2) is 18.2 Å². The number of carbonyl (C=O) groups excluding carboxylic acids is 1. The first-order valence-electron chi connectivity index (χ1n) is 5.86. The molecule has 92 valence electrons. The Hall–Kier alpha value is -1.55. The minimum absolute atomic E-state index is 0.00337. The van der Waals surface area contributed by atoms with Crippen LogP contribution in [0.5, 0.6) is 0 Å². The molecule has 0 bridgehead atoms. The van der Waals surface area contributed by atoms with Crippen molar-refractivity contribution in [3.05, 3.63) is 23.8 Å². The van der Waals surface area contributed by atoms with Crippen molar-refractivity contribution in [1.29, 1.82) is 0 Å². The Kier molecular flexibility index (Phi) is 3.33. The fraction of sp³-hybridized carbons (Fsp3) is 0.462. The Morgan fingerprint density at radius 1 is 1.53 bits per heavy atom. The number of carbonyl (C=O) groups is 1. The normalized spacial score (nSPS) is 23.6. The zero-order valence-corrected chi connectivity index (χ0v) is 10.2. The molecular weight excluding hydrogens is 216 g/mol. The van der Waals surface area contributed by atoms with Crippen molar-refractivity contribution in [3.8, 4) is 0 Å². The first-order chi connectivity index (χ1) is 8.08. The second-order valence-electron chi connectivity index (χ2n) is 4.53. The Balaban J connectivity index is 2.10. The molecule has 1 amide bonds. The Bertz CT molecular complexity index is 431. The fourth-order valence-corrected chi connectivity index (χ4v) is 2.08. The summed E-state index contributed by atoms with van der Waals surface area (Å²) in [5.41, 5.74) is 8.16. The minimum Gasteiger partial charge on any atom is -0.399 e. The molecule has 1 aromatic rings. The van der Waals surface area contributed by atoms with Crippen molar-refractivity contribution in [2.24, 2.45) is 5.92 Å². The molecule has 0 spiro atoms. The van der Waals surface area contributed by atoms with Crippen LogP contribution >= 0.6 is 0 Å². The molecule has 17 heavy (non-hydrogen) atoms. The SMILES string of the molecule is Cc1ccc(N)cc1NC(=O)C1CCOC1C. The van der Waals surface area contributed by atoms with E-state index in [1.807, 2.05) is 26.0 Å². The summed E-state index contributed by atoms with van der Waals surface area (Å²) in [6.45, 7) is 4.54. The van der Waals surface area contributed by atoms with Crippen LogP contribution in [0.2, 0.25) is 0 Å². The zero-order chi connectivity index (χ0) is 12.4. The first kappa shape index (κ1) is 11.9. The molecule has 1 fully saturated rings. The van der Waals surface area contributed by atoms with Crippen LogP contribution in [0.4, 0.5) is 11.4 Å². The van der Waals surface area contributed by atoms with Gasteiger partial charge in [0, 0.05) is 18.0 Å². The molecule has 4 heteroatoms. The van der Waals surface area contributed by atoms with E-state index in [1.54, 1.807) is 6.07 Å². The third-order valence-corrected chi connectivity index (χ3v) is 3.23. The molecule has 0 radical (unpaired) electrons. The lowest BCUT2D eigenvalue weighted by Crippen LogP contribution is -2.28. The molecule has 1 heterocycles. The molecule has 4 nitrogen and oxygen atoms in total. The smallest absolute Gasteiger partial charge is 0.230 e. The molecule has 1 saturated heterocycles. The fourth-order valence-electron chi connectivity index (χ4n) is 2.08. The van der Waals surface area contributed by atoms with Gasteiger partial charge in [0.25, 0.3) is 0 Å². The first-order valence-corrected chi connectivity index (χ1v) is 5.86. The van der Waals surface area contributed by atoms with E-state index in [0.29, 0.717) is 12.3 Å². The molecule has 2 unspecified atom stereocenters. The highest BCUT2D eigenvalue weighted by molar-refractivity contribution is 5.94. The topological polar surface area (TPSA) is 64.3 Å². The molecule has 0 aromatic heterocycles. The lowest BCUT2D eigenvalue weighted by atomic mass is 10.0. The van der Waals surface area contributed by atoms with Gasteiger partial charge in [-0.15, -0.1) is 0 Å². The number of aryl methyl sites for hydroxylation is 1. The summed E-state index contributed by atoms with van der Waals surface area (Å²) < 4.78 is 5.39. The molecule has 1 aliphatic rings. The number of ether oxygens (including phenoxy) is 1.